The largest absolute Gasteiger partial charge is 0.390 e. The van der Waals surface area contributed by atoms with Gasteiger partial charge in [0.15, 0.2) is 0 Å². The van der Waals surface area contributed by atoms with E-state index in [1.807, 2.05) is 24.8 Å². The Kier molecular flexibility index (Phi) is 9.34. The van der Waals surface area contributed by atoms with Crippen LogP contribution in [0, 0.1) is 6.92 Å². The Bertz CT molecular complexity index is 363. The Morgan fingerprint density at radius 3 is 2.59 bits per heavy atom. The highest BCUT2D eigenvalue weighted by molar-refractivity contribution is 7.98. The van der Waals surface area contributed by atoms with Crippen molar-refractivity contribution in [2.45, 2.75) is 26.4 Å². The van der Waals surface area contributed by atoms with Gasteiger partial charge >= 0.3 is 6.15 Å². The number of aliphatic hydroxyl groups excluding tert-OH is 1. The lowest BCUT2D eigenvalue weighted by molar-refractivity contribution is -0.191. The molecule has 1 rings (SSSR count). The lowest BCUT2D eigenvalue weighted by Gasteiger charge is -2.04. The second-order valence-electron chi connectivity index (χ2n) is 3.45. The lowest BCUT2D eigenvalue weighted by Crippen LogP contribution is -1.96. The minimum absolute atomic E-state index is 0.0389. The van der Waals surface area contributed by atoms with Crippen LogP contribution in [-0.2, 0) is 22.6 Å². The van der Waals surface area contributed by atoms with Gasteiger partial charge in [-0.05, 0) is 49.5 Å². The van der Waals surface area contributed by atoms with Crippen molar-refractivity contribution in [2.24, 2.45) is 0 Å². The number of pyridine rings is 1. The van der Waals surface area contributed by atoms with Crippen LogP contribution in [-0.4, -0.2) is 28.3 Å². The summed E-state index contributed by atoms with van der Waals surface area (Å²) in [5, 5.41) is 8.99. The standard InChI is InChI=1S/C11H17NOS.CO2/c1-9-6-10(4-3-5-14-2)7-11(8-13)12-9;2-1-3/h6-7,13H,3-5,8H2,1-2H3;. The highest BCUT2D eigenvalue weighted by Gasteiger charge is 1.99. The van der Waals surface area contributed by atoms with Crippen LogP contribution in [0.25, 0.3) is 0 Å². The maximum Gasteiger partial charge on any atom is 0.373 e. The van der Waals surface area contributed by atoms with Crippen molar-refractivity contribution in [3.63, 3.8) is 0 Å². The van der Waals surface area contributed by atoms with Gasteiger partial charge in [0, 0.05) is 5.69 Å². The van der Waals surface area contributed by atoms with Gasteiger partial charge in [-0.15, -0.1) is 0 Å². The van der Waals surface area contributed by atoms with E-state index in [4.69, 9.17) is 14.7 Å². The average Bonchev–Trinajstić information content (AvgIpc) is 2.30. The Morgan fingerprint density at radius 1 is 1.41 bits per heavy atom. The van der Waals surface area contributed by atoms with Crippen molar-refractivity contribution < 1.29 is 14.7 Å². The lowest BCUT2D eigenvalue weighted by atomic mass is 10.1. The van der Waals surface area contributed by atoms with E-state index in [2.05, 4.69) is 17.3 Å². The Balaban J connectivity index is 0.000000770. The fraction of sp³-hybridized carbons (Fsp3) is 0.500. The molecule has 0 spiro atoms. The average molecular weight is 255 g/mol. The van der Waals surface area contributed by atoms with Gasteiger partial charge < -0.3 is 5.11 Å². The summed E-state index contributed by atoms with van der Waals surface area (Å²) in [6.07, 6.45) is 4.64. The molecule has 94 valence electrons. The highest BCUT2D eigenvalue weighted by atomic mass is 32.2. The number of aryl methyl sites for hydroxylation is 2. The SMILES string of the molecule is CSCCCc1cc(C)nc(CO)c1.O=C=O. The molecule has 0 saturated heterocycles. The minimum atomic E-state index is 0.0389. The molecule has 1 N–H and O–H groups in total. The van der Waals surface area contributed by atoms with Gasteiger partial charge in [-0.25, -0.2) is 0 Å². The quantitative estimate of drug-likeness (QED) is 0.809. The molecule has 1 heterocycles. The van der Waals surface area contributed by atoms with E-state index >= 15 is 0 Å². The first kappa shape index (κ1) is 15.8. The van der Waals surface area contributed by atoms with E-state index in [0.717, 1.165) is 17.8 Å². The third-order valence-electron chi connectivity index (χ3n) is 2.04. The van der Waals surface area contributed by atoms with E-state index in [1.165, 1.54) is 17.7 Å². The maximum absolute atomic E-state index is 8.99. The fourth-order valence-corrected chi connectivity index (χ4v) is 1.89. The van der Waals surface area contributed by atoms with Gasteiger partial charge in [0.2, 0.25) is 0 Å². The number of aliphatic hydroxyl groups is 1. The molecule has 0 radical (unpaired) electrons. The van der Waals surface area contributed by atoms with Gasteiger partial charge in [-0.3, -0.25) is 4.98 Å². The molecule has 4 nitrogen and oxygen atoms in total. The third-order valence-corrected chi connectivity index (χ3v) is 2.74. The predicted molar refractivity (Wildman–Crippen MR) is 66.6 cm³/mol. The molecule has 5 heteroatoms. The van der Waals surface area contributed by atoms with Crippen molar-refractivity contribution in [1.82, 2.24) is 4.98 Å². The molecule has 0 fully saturated rings. The highest BCUT2D eigenvalue weighted by Crippen LogP contribution is 2.09. The minimum Gasteiger partial charge on any atom is -0.390 e. The number of rotatable bonds is 5. The normalized spacial score (nSPS) is 9.12. The van der Waals surface area contributed by atoms with Crippen molar-refractivity contribution in [3.05, 3.63) is 29.1 Å². The number of carbonyl (C=O) groups excluding carboxylic acids is 2. The summed E-state index contributed by atoms with van der Waals surface area (Å²) in [4.78, 5) is 20.5. The van der Waals surface area contributed by atoms with E-state index < -0.39 is 0 Å². The molecule has 0 atom stereocenters. The topological polar surface area (TPSA) is 67.3 Å². The fourth-order valence-electron chi connectivity index (χ4n) is 1.46. The Morgan fingerprint density at radius 2 is 2.06 bits per heavy atom. The monoisotopic (exact) mass is 255 g/mol. The summed E-state index contributed by atoms with van der Waals surface area (Å²) in [7, 11) is 0. The van der Waals surface area contributed by atoms with Gasteiger partial charge in [0.1, 0.15) is 0 Å². The zero-order valence-corrected chi connectivity index (χ0v) is 10.9. The molecule has 1 aromatic heterocycles. The molecular weight excluding hydrogens is 238 g/mol. The molecule has 0 aliphatic rings. The number of nitrogens with zero attached hydrogens (tertiary/aromatic N) is 1. The van der Waals surface area contributed by atoms with Gasteiger partial charge in [-0.2, -0.15) is 21.4 Å². The predicted octanol–water partition coefficient (Wildman–Crippen LogP) is 1.59. The van der Waals surface area contributed by atoms with E-state index in [9.17, 15) is 0 Å². The zero-order chi connectivity index (χ0) is 13.1. The van der Waals surface area contributed by atoms with Crippen LogP contribution in [0.3, 0.4) is 0 Å². The number of hydrogen-bond donors (Lipinski definition) is 1. The molecule has 0 aromatic carbocycles. The van der Waals surface area contributed by atoms with Gasteiger partial charge in [0.25, 0.3) is 0 Å². The van der Waals surface area contributed by atoms with E-state index in [-0.39, 0.29) is 12.8 Å². The van der Waals surface area contributed by atoms with Crippen LogP contribution in [0.15, 0.2) is 12.1 Å². The van der Waals surface area contributed by atoms with Gasteiger partial charge in [-0.1, -0.05) is 0 Å². The Labute approximate surface area is 105 Å². The van der Waals surface area contributed by atoms with Crippen LogP contribution in [0.5, 0.6) is 0 Å². The van der Waals surface area contributed by atoms with Crippen LogP contribution < -0.4 is 0 Å². The molecule has 0 bridgehead atoms. The summed E-state index contributed by atoms with van der Waals surface area (Å²) in [6, 6.07) is 4.09. The summed E-state index contributed by atoms with van der Waals surface area (Å²) in [5.74, 6) is 1.19. The van der Waals surface area contributed by atoms with Crippen molar-refractivity contribution in [1.29, 1.82) is 0 Å². The summed E-state index contributed by atoms with van der Waals surface area (Å²) in [5.41, 5.74) is 3.07. The van der Waals surface area contributed by atoms with Crippen LogP contribution in [0.1, 0.15) is 23.4 Å². The maximum atomic E-state index is 8.99. The van der Waals surface area contributed by atoms with Crippen LogP contribution >= 0.6 is 11.8 Å². The summed E-state index contributed by atoms with van der Waals surface area (Å²) >= 11 is 1.87. The van der Waals surface area contributed by atoms with Crippen LogP contribution in [0.4, 0.5) is 0 Å². The first-order valence-electron chi connectivity index (χ1n) is 5.23. The molecule has 1 aromatic rings. The molecule has 0 aliphatic heterocycles. The van der Waals surface area contributed by atoms with Crippen molar-refractivity contribution in [2.75, 3.05) is 12.0 Å². The van der Waals surface area contributed by atoms with E-state index in [0.29, 0.717) is 0 Å². The smallest absolute Gasteiger partial charge is 0.373 e. The molecule has 0 amide bonds. The summed E-state index contributed by atoms with van der Waals surface area (Å²) in [6.45, 7) is 2.01. The molecule has 0 unspecified atom stereocenters. The van der Waals surface area contributed by atoms with Gasteiger partial charge in [0.05, 0.1) is 12.3 Å². The first-order valence-corrected chi connectivity index (χ1v) is 6.62. The molecule has 17 heavy (non-hydrogen) atoms. The second-order valence-corrected chi connectivity index (χ2v) is 4.43. The van der Waals surface area contributed by atoms with Crippen molar-refractivity contribution in [3.8, 4) is 0 Å². The Hall–Kier alpha value is -1.16. The first-order chi connectivity index (χ1) is 8.17. The van der Waals surface area contributed by atoms with E-state index in [1.54, 1.807) is 0 Å². The number of thioether (sulfide) groups is 1. The third kappa shape index (κ3) is 7.69. The number of aromatic nitrogens is 1. The zero-order valence-electron chi connectivity index (χ0n) is 10.1. The number of hydrogen-bond acceptors (Lipinski definition) is 5. The van der Waals surface area contributed by atoms with Crippen LogP contribution in [0.2, 0.25) is 0 Å². The second kappa shape index (κ2) is 10.0. The molecular formula is C12H17NO3S. The molecule has 0 saturated carbocycles. The molecule has 0 aliphatic carbocycles. The van der Waals surface area contributed by atoms with Crippen molar-refractivity contribution >= 4 is 17.9 Å². The summed E-state index contributed by atoms with van der Waals surface area (Å²) < 4.78 is 0.